The highest BCUT2D eigenvalue weighted by molar-refractivity contribution is 6.34. The summed E-state index contributed by atoms with van der Waals surface area (Å²) >= 11 is 0. The average molecular weight is 489 g/mol. The van der Waals surface area contributed by atoms with E-state index >= 15 is 0 Å². The van der Waals surface area contributed by atoms with Crippen molar-refractivity contribution in [2.75, 3.05) is 32.3 Å². The van der Waals surface area contributed by atoms with Crippen molar-refractivity contribution >= 4 is 29.3 Å². The van der Waals surface area contributed by atoms with Crippen LogP contribution in [-0.2, 0) is 4.74 Å². The summed E-state index contributed by atoms with van der Waals surface area (Å²) in [6, 6.07) is 15.2. The van der Waals surface area contributed by atoms with E-state index in [1.54, 1.807) is 30.3 Å². The van der Waals surface area contributed by atoms with Crippen LogP contribution < -0.4 is 19.1 Å². The van der Waals surface area contributed by atoms with Gasteiger partial charge in [0.25, 0.3) is 11.8 Å². The fourth-order valence-electron chi connectivity index (χ4n) is 3.77. The maximum Gasteiger partial charge on any atom is 0.338 e. The quantitative estimate of drug-likeness (QED) is 0.253. The lowest BCUT2D eigenvalue weighted by Gasteiger charge is -2.14. The van der Waals surface area contributed by atoms with Gasteiger partial charge in [0.15, 0.2) is 23.9 Å². The lowest BCUT2D eigenvalue weighted by molar-refractivity contribution is 0.0474. The molecule has 9 nitrogen and oxygen atoms in total. The Labute approximate surface area is 207 Å². The molecule has 4 rings (SSSR count). The molecule has 0 saturated carbocycles. The minimum absolute atomic E-state index is 0.0450. The van der Waals surface area contributed by atoms with Gasteiger partial charge in [0, 0.05) is 5.56 Å². The van der Waals surface area contributed by atoms with Crippen molar-refractivity contribution in [2.45, 2.75) is 6.92 Å². The van der Waals surface area contributed by atoms with Crippen molar-refractivity contribution in [1.29, 1.82) is 0 Å². The second kappa shape index (κ2) is 10.3. The second-order valence-electron chi connectivity index (χ2n) is 7.70. The Bertz CT molecular complexity index is 1350. The Kier molecular flexibility index (Phi) is 7.00. The third-order valence-corrected chi connectivity index (χ3v) is 5.57. The van der Waals surface area contributed by atoms with Crippen molar-refractivity contribution in [1.82, 2.24) is 0 Å². The number of hydrogen-bond donors (Lipinski definition) is 0. The van der Waals surface area contributed by atoms with Crippen molar-refractivity contribution in [3.8, 4) is 17.2 Å². The van der Waals surface area contributed by atoms with Crippen LogP contribution in [0.5, 0.6) is 17.2 Å². The Morgan fingerprint density at radius 2 is 1.44 bits per heavy atom. The van der Waals surface area contributed by atoms with Crippen LogP contribution in [-0.4, -0.2) is 51.0 Å². The van der Waals surface area contributed by atoms with Crippen molar-refractivity contribution in [2.24, 2.45) is 0 Å². The highest BCUT2D eigenvalue weighted by atomic mass is 16.5. The number of ether oxygens (including phenoxy) is 4. The van der Waals surface area contributed by atoms with Crippen molar-refractivity contribution in [3.63, 3.8) is 0 Å². The molecule has 1 aliphatic rings. The van der Waals surface area contributed by atoms with Gasteiger partial charge in [-0.05, 0) is 67.6 Å². The summed E-state index contributed by atoms with van der Waals surface area (Å²) < 4.78 is 20.9. The number of methoxy groups -OCH3 is 2. The SMILES string of the molecule is CCOc1ccc(N2C(=O)c3ccc(C(=O)OCC(=O)c4ccc(OC)c(OC)c4)cc3C2=O)cc1. The lowest BCUT2D eigenvalue weighted by Crippen LogP contribution is -2.29. The van der Waals surface area contributed by atoms with Crippen LogP contribution in [0.3, 0.4) is 0 Å². The van der Waals surface area contributed by atoms with Crippen molar-refractivity contribution < 1.29 is 38.1 Å². The number of fused-ring (bicyclic) bond motifs is 1. The molecule has 0 N–H and O–H groups in total. The lowest BCUT2D eigenvalue weighted by atomic mass is 10.1. The van der Waals surface area contributed by atoms with Gasteiger partial charge in [-0.2, -0.15) is 0 Å². The molecule has 0 aromatic heterocycles. The van der Waals surface area contributed by atoms with E-state index in [0.717, 1.165) is 4.90 Å². The minimum Gasteiger partial charge on any atom is -0.494 e. The topological polar surface area (TPSA) is 108 Å². The third kappa shape index (κ3) is 4.63. The molecule has 1 heterocycles. The molecule has 0 fully saturated rings. The fraction of sp³-hybridized carbons (Fsp3) is 0.185. The minimum atomic E-state index is -0.800. The molecular weight excluding hydrogens is 466 g/mol. The number of ketones is 1. The van der Waals surface area contributed by atoms with Gasteiger partial charge >= 0.3 is 5.97 Å². The van der Waals surface area contributed by atoms with Gasteiger partial charge in [-0.15, -0.1) is 0 Å². The van der Waals surface area contributed by atoms with E-state index in [2.05, 4.69) is 0 Å². The summed E-state index contributed by atoms with van der Waals surface area (Å²) in [6.45, 7) is 1.83. The Hall–Kier alpha value is -4.66. The predicted octanol–water partition coefficient (Wildman–Crippen LogP) is 3.94. The summed E-state index contributed by atoms with van der Waals surface area (Å²) in [6.07, 6.45) is 0. The summed E-state index contributed by atoms with van der Waals surface area (Å²) in [5.74, 6) is -0.857. The number of Topliss-reactive ketones (excluding diaryl/α,β-unsaturated/α-hetero) is 1. The number of amides is 2. The third-order valence-electron chi connectivity index (χ3n) is 5.57. The number of imide groups is 1. The number of nitrogens with zero attached hydrogens (tertiary/aromatic N) is 1. The average Bonchev–Trinajstić information content (AvgIpc) is 3.16. The van der Waals surface area contributed by atoms with Gasteiger partial charge in [0.05, 0.1) is 43.2 Å². The largest absolute Gasteiger partial charge is 0.494 e. The predicted molar refractivity (Wildman–Crippen MR) is 129 cm³/mol. The van der Waals surface area contributed by atoms with Gasteiger partial charge in [0.1, 0.15) is 5.75 Å². The van der Waals surface area contributed by atoms with Crippen molar-refractivity contribution in [3.05, 3.63) is 82.9 Å². The van der Waals surface area contributed by atoms with E-state index in [1.807, 2.05) is 6.92 Å². The fourth-order valence-corrected chi connectivity index (χ4v) is 3.77. The molecule has 0 bridgehead atoms. The van der Waals surface area contributed by atoms with E-state index in [4.69, 9.17) is 18.9 Å². The molecule has 0 saturated heterocycles. The highest BCUT2D eigenvalue weighted by Crippen LogP contribution is 2.31. The van der Waals surface area contributed by atoms with Crippen LogP contribution in [0.2, 0.25) is 0 Å². The number of carbonyl (C=O) groups is 4. The van der Waals surface area contributed by atoms with Crippen LogP contribution in [0.15, 0.2) is 60.7 Å². The van der Waals surface area contributed by atoms with Gasteiger partial charge in [0.2, 0.25) is 0 Å². The van der Waals surface area contributed by atoms with Crippen LogP contribution in [0.25, 0.3) is 0 Å². The van der Waals surface area contributed by atoms with Gasteiger partial charge in [-0.1, -0.05) is 0 Å². The molecule has 0 unspecified atom stereocenters. The molecule has 0 spiro atoms. The first kappa shape index (κ1) is 24.5. The molecule has 0 radical (unpaired) electrons. The number of carbonyl (C=O) groups excluding carboxylic acids is 4. The normalized spacial score (nSPS) is 12.2. The number of rotatable bonds is 9. The zero-order valence-corrected chi connectivity index (χ0v) is 19.9. The van der Waals surface area contributed by atoms with Gasteiger partial charge in [-0.25, -0.2) is 9.69 Å². The second-order valence-corrected chi connectivity index (χ2v) is 7.70. The summed E-state index contributed by atoms with van der Waals surface area (Å²) in [7, 11) is 2.93. The monoisotopic (exact) mass is 489 g/mol. The number of esters is 1. The Morgan fingerprint density at radius 3 is 2.11 bits per heavy atom. The molecule has 1 aliphatic heterocycles. The Morgan fingerprint density at radius 1 is 0.778 bits per heavy atom. The summed E-state index contributed by atoms with van der Waals surface area (Å²) in [5, 5.41) is 0. The Balaban J connectivity index is 1.47. The molecule has 3 aromatic rings. The van der Waals surface area contributed by atoms with Crippen LogP contribution in [0, 0.1) is 0 Å². The van der Waals surface area contributed by atoms with Gasteiger partial charge in [-0.3, -0.25) is 14.4 Å². The number of benzene rings is 3. The van der Waals surface area contributed by atoms with Crippen LogP contribution in [0.1, 0.15) is 48.4 Å². The molecule has 0 atom stereocenters. The smallest absolute Gasteiger partial charge is 0.338 e. The molecule has 9 heteroatoms. The molecule has 3 aromatic carbocycles. The maximum atomic E-state index is 13.0. The van der Waals surface area contributed by atoms with Gasteiger partial charge < -0.3 is 18.9 Å². The first-order chi connectivity index (χ1) is 17.4. The first-order valence-corrected chi connectivity index (χ1v) is 11.1. The molecular formula is C27H23NO8. The van der Waals surface area contributed by atoms with Crippen LogP contribution >= 0.6 is 0 Å². The molecule has 184 valence electrons. The summed E-state index contributed by atoms with van der Waals surface area (Å²) in [5.41, 5.74) is 0.959. The maximum absolute atomic E-state index is 13.0. The van der Waals surface area contributed by atoms with E-state index < -0.39 is 30.2 Å². The highest BCUT2D eigenvalue weighted by Gasteiger charge is 2.37. The molecule has 2 amide bonds. The molecule has 0 aliphatic carbocycles. The van der Waals surface area contributed by atoms with Crippen LogP contribution in [0.4, 0.5) is 5.69 Å². The standard InChI is InChI=1S/C27H23NO8/c1-4-35-19-9-7-18(8-10-19)28-25(30)20-11-5-17(13-21(20)26(28)31)27(32)36-15-22(29)16-6-12-23(33-2)24(14-16)34-3/h5-14H,4,15H2,1-3H3. The summed E-state index contributed by atoms with van der Waals surface area (Å²) in [4.78, 5) is 52.0. The first-order valence-electron chi connectivity index (χ1n) is 11.1. The van der Waals surface area contributed by atoms with E-state index in [1.165, 1.54) is 44.6 Å². The zero-order chi connectivity index (χ0) is 25.8. The zero-order valence-electron chi connectivity index (χ0n) is 19.9. The van der Waals surface area contributed by atoms with E-state index in [0.29, 0.717) is 29.5 Å². The molecule has 36 heavy (non-hydrogen) atoms. The number of anilines is 1. The number of hydrogen-bond acceptors (Lipinski definition) is 8. The van der Waals surface area contributed by atoms with E-state index in [9.17, 15) is 19.2 Å². The van der Waals surface area contributed by atoms with E-state index in [-0.39, 0.29) is 22.3 Å².